The first kappa shape index (κ1) is 24.0. The third-order valence-corrected chi connectivity index (χ3v) is 4.55. The molecule has 0 bridgehead atoms. The molecule has 6 heteroatoms. The van der Waals surface area contributed by atoms with Gasteiger partial charge in [0.1, 0.15) is 0 Å². The van der Waals surface area contributed by atoms with Gasteiger partial charge >= 0.3 is 5.97 Å². The van der Waals surface area contributed by atoms with Gasteiger partial charge in [0.25, 0.3) is 5.91 Å². The van der Waals surface area contributed by atoms with E-state index in [1.165, 1.54) is 6.08 Å². The van der Waals surface area contributed by atoms with Crippen LogP contribution in [-0.2, 0) is 14.3 Å². The first-order chi connectivity index (χ1) is 14.6. The fourth-order valence-electron chi connectivity index (χ4n) is 3.17. The predicted octanol–water partition coefficient (Wildman–Crippen LogP) is 4.99. The lowest BCUT2D eigenvalue weighted by Gasteiger charge is -2.16. The Balaban J connectivity index is 2.00. The molecule has 0 unspecified atom stereocenters. The normalized spacial score (nSPS) is 12.0. The number of esters is 1. The second-order valence-electron chi connectivity index (χ2n) is 7.75. The second-order valence-corrected chi connectivity index (χ2v) is 7.75. The molecule has 31 heavy (non-hydrogen) atoms. The topological polar surface area (TPSA) is 73.9 Å². The van der Waals surface area contributed by atoms with Gasteiger partial charge in [-0.25, -0.2) is 4.79 Å². The van der Waals surface area contributed by atoms with E-state index in [1.807, 2.05) is 52.8 Å². The summed E-state index contributed by atoms with van der Waals surface area (Å²) in [5, 5.41) is 2.85. The van der Waals surface area contributed by atoms with Crippen LogP contribution in [0.5, 0.6) is 11.5 Å². The molecular weight excluding hydrogens is 394 g/mol. The highest BCUT2D eigenvalue weighted by atomic mass is 16.5. The summed E-state index contributed by atoms with van der Waals surface area (Å²) in [6, 6.07) is 9.34. The summed E-state index contributed by atoms with van der Waals surface area (Å²) in [7, 11) is 1.56. The van der Waals surface area contributed by atoms with Crippen LogP contribution in [0.1, 0.15) is 43.0 Å². The number of methoxy groups -OCH3 is 1. The van der Waals surface area contributed by atoms with E-state index in [0.717, 1.165) is 27.9 Å². The highest BCUT2D eigenvalue weighted by Gasteiger charge is 2.18. The average Bonchev–Trinajstić information content (AvgIpc) is 2.69. The van der Waals surface area contributed by atoms with Crippen molar-refractivity contribution in [2.24, 2.45) is 0 Å². The van der Waals surface area contributed by atoms with E-state index in [4.69, 9.17) is 14.2 Å². The molecule has 6 nitrogen and oxygen atoms in total. The van der Waals surface area contributed by atoms with Crippen LogP contribution in [0.25, 0.3) is 6.08 Å². The van der Waals surface area contributed by atoms with Crippen molar-refractivity contribution in [3.63, 3.8) is 0 Å². The Morgan fingerprint density at radius 2 is 1.61 bits per heavy atom. The van der Waals surface area contributed by atoms with Gasteiger partial charge in [-0.3, -0.25) is 4.79 Å². The van der Waals surface area contributed by atoms with Crippen LogP contribution in [0.4, 0.5) is 5.69 Å². The number of amides is 1. The van der Waals surface area contributed by atoms with Crippen LogP contribution in [0.15, 0.2) is 36.4 Å². The molecule has 0 heterocycles. The maximum Gasteiger partial charge on any atom is 0.331 e. The molecule has 0 spiro atoms. The van der Waals surface area contributed by atoms with Crippen molar-refractivity contribution in [1.29, 1.82) is 0 Å². The molecule has 2 aromatic rings. The number of carbonyl (C=O) groups is 2. The second kappa shape index (κ2) is 10.7. The lowest BCUT2D eigenvalue weighted by molar-refractivity contribution is -0.148. The van der Waals surface area contributed by atoms with Gasteiger partial charge in [-0.15, -0.1) is 0 Å². The van der Waals surface area contributed by atoms with Gasteiger partial charge in [-0.05, 0) is 76.4 Å². The van der Waals surface area contributed by atoms with Crippen LogP contribution in [-0.4, -0.2) is 31.2 Å². The first-order valence-electron chi connectivity index (χ1n) is 10.2. The minimum Gasteiger partial charge on any atom is -0.493 e. The van der Waals surface area contributed by atoms with E-state index in [-0.39, 0.29) is 12.0 Å². The molecule has 0 saturated heterocycles. The maximum absolute atomic E-state index is 12.5. The fraction of sp³-hybridized carbons (Fsp3) is 0.360. The third kappa shape index (κ3) is 6.88. The number of hydrogen-bond acceptors (Lipinski definition) is 5. The number of hydrogen-bond donors (Lipinski definition) is 1. The molecule has 166 valence electrons. The maximum atomic E-state index is 12.5. The molecule has 0 aliphatic heterocycles. The molecule has 1 amide bonds. The summed E-state index contributed by atoms with van der Waals surface area (Å²) in [5.41, 5.74) is 4.53. The van der Waals surface area contributed by atoms with Crippen molar-refractivity contribution < 1.29 is 23.8 Å². The smallest absolute Gasteiger partial charge is 0.331 e. The molecular formula is C25H31NO5. The van der Waals surface area contributed by atoms with E-state index >= 15 is 0 Å². The van der Waals surface area contributed by atoms with Crippen molar-refractivity contribution in [2.45, 2.75) is 53.8 Å². The summed E-state index contributed by atoms with van der Waals surface area (Å²) in [4.78, 5) is 24.7. The predicted molar refractivity (Wildman–Crippen MR) is 123 cm³/mol. The highest BCUT2D eigenvalue weighted by Crippen LogP contribution is 2.29. The SMILES string of the molecule is COc1cc(/C=C/C(=O)O[C@H](C)C(=O)Nc2c(C)cc(C)cc2C)ccc1OC(C)C. The molecule has 0 aliphatic carbocycles. The van der Waals surface area contributed by atoms with Crippen LogP contribution in [0.2, 0.25) is 0 Å². The number of ether oxygens (including phenoxy) is 3. The Morgan fingerprint density at radius 3 is 2.19 bits per heavy atom. The van der Waals surface area contributed by atoms with Gasteiger partial charge in [-0.2, -0.15) is 0 Å². The van der Waals surface area contributed by atoms with Gasteiger partial charge in [0.05, 0.1) is 13.2 Å². The highest BCUT2D eigenvalue weighted by molar-refractivity contribution is 5.97. The first-order valence-corrected chi connectivity index (χ1v) is 10.2. The summed E-state index contributed by atoms with van der Waals surface area (Å²) < 4.78 is 16.3. The van der Waals surface area contributed by atoms with Crippen molar-refractivity contribution in [3.8, 4) is 11.5 Å². The number of aryl methyl sites for hydroxylation is 3. The van der Waals surface area contributed by atoms with Crippen molar-refractivity contribution in [3.05, 3.63) is 58.7 Å². The van der Waals surface area contributed by atoms with Crippen LogP contribution >= 0.6 is 0 Å². The number of carbonyl (C=O) groups excluding carboxylic acids is 2. The quantitative estimate of drug-likeness (QED) is 0.476. The third-order valence-electron chi connectivity index (χ3n) is 4.55. The zero-order chi connectivity index (χ0) is 23.1. The molecule has 0 radical (unpaired) electrons. The summed E-state index contributed by atoms with van der Waals surface area (Å²) in [6.07, 6.45) is 1.96. The van der Waals surface area contributed by atoms with Gasteiger partial charge in [0.2, 0.25) is 0 Å². The molecule has 0 saturated carbocycles. The van der Waals surface area contributed by atoms with E-state index in [9.17, 15) is 9.59 Å². The van der Waals surface area contributed by atoms with Crippen LogP contribution in [0.3, 0.4) is 0 Å². The molecule has 1 N–H and O–H groups in total. The Morgan fingerprint density at radius 1 is 0.968 bits per heavy atom. The van der Waals surface area contributed by atoms with Crippen LogP contribution < -0.4 is 14.8 Å². The molecule has 2 rings (SSSR count). The molecule has 0 fully saturated rings. The zero-order valence-electron chi connectivity index (χ0n) is 19.2. The average molecular weight is 426 g/mol. The molecule has 2 aromatic carbocycles. The Labute approximate surface area is 184 Å². The lowest BCUT2D eigenvalue weighted by Crippen LogP contribution is -2.30. The van der Waals surface area contributed by atoms with Gasteiger partial charge < -0.3 is 19.5 Å². The monoisotopic (exact) mass is 425 g/mol. The fourth-order valence-corrected chi connectivity index (χ4v) is 3.17. The number of rotatable bonds is 8. The molecule has 1 atom stereocenters. The molecule has 0 aromatic heterocycles. The summed E-state index contributed by atoms with van der Waals surface area (Å²) in [6.45, 7) is 11.3. The van der Waals surface area contributed by atoms with Gasteiger partial charge in [-0.1, -0.05) is 23.8 Å². The van der Waals surface area contributed by atoms with Crippen molar-refractivity contribution in [1.82, 2.24) is 0 Å². The minimum atomic E-state index is -0.936. The van der Waals surface area contributed by atoms with E-state index in [1.54, 1.807) is 32.2 Å². The molecule has 0 aliphatic rings. The lowest BCUT2D eigenvalue weighted by atomic mass is 10.0. The number of benzene rings is 2. The Hall–Kier alpha value is -3.28. The van der Waals surface area contributed by atoms with Gasteiger partial charge in [0, 0.05) is 11.8 Å². The summed E-state index contributed by atoms with van der Waals surface area (Å²) in [5.74, 6) is 0.208. The van der Waals surface area contributed by atoms with E-state index in [2.05, 4.69) is 5.32 Å². The van der Waals surface area contributed by atoms with Crippen molar-refractivity contribution >= 4 is 23.6 Å². The Bertz CT molecular complexity index is 955. The largest absolute Gasteiger partial charge is 0.493 e. The summed E-state index contributed by atoms with van der Waals surface area (Å²) >= 11 is 0. The standard InChI is InChI=1S/C25H31NO5/c1-15(2)30-21-10-8-20(14-22(21)29-7)9-11-23(27)31-19(6)25(28)26-24-17(4)12-16(3)13-18(24)5/h8-15,19H,1-7H3,(H,26,28)/b11-9+/t19-/m1/s1. The number of anilines is 1. The van der Waals surface area contributed by atoms with Crippen molar-refractivity contribution in [2.75, 3.05) is 12.4 Å². The van der Waals surface area contributed by atoms with E-state index < -0.39 is 12.1 Å². The zero-order valence-corrected chi connectivity index (χ0v) is 19.2. The van der Waals surface area contributed by atoms with E-state index in [0.29, 0.717) is 11.5 Å². The Kier molecular flexibility index (Phi) is 8.25. The number of nitrogens with one attached hydrogen (secondary N) is 1. The van der Waals surface area contributed by atoms with Gasteiger partial charge in [0.15, 0.2) is 17.6 Å². The minimum absolute atomic E-state index is 0.0189. The van der Waals surface area contributed by atoms with Crippen LogP contribution in [0, 0.1) is 20.8 Å².